The standard InChI is InChI=1S/C18H18ClN3O4S2/c1-11(2)9-14(22-7-5-4-6-8-22)20-18(24)15-16(23)17-12(10-13(19)27-17)28(25,26)21(15)3/h4-10,14H,1-3H3,(H-,20,23,24)/p+1. The zero-order valence-electron chi connectivity index (χ0n) is 15.4. The Kier molecular flexibility index (Phi) is 5.51. The van der Waals surface area contributed by atoms with Crippen LogP contribution >= 0.6 is 22.9 Å². The van der Waals surface area contributed by atoms with Gasteiger partial charge in [-0.05, 0) is 19.9 Å². The monoisotopic (exact) mass is 440 g/mol. The van der Waals surface area contributed by atoms with E-state index in [0.29, 0.717) is 0 Å². The smallest absolute Gasteiger partial charge is 0.277 e. The second-order valence-corrected chi connectivity index (χ2v) is 10.0. The first kappa shape index (κ1) is 20.4. The Bertz CT molecular complexity index is 1090. The summed E-state index contributed by atoms with van der Waals surface area (Å²) >= 11 is 6.83. The van der Waals surface area contributed by atoms with Gasteiger partial charge in [0.2, 0.25) is 0 Å². The third kappa shape index (κ3) is 3.65. The van der Waals surface area contributed by atoms with Crippen molar-refractivity contribution < 1.29 is 22.9 Å². The van der Waals surface area contributed by atoms with Crippen LogP contribution in [0.4, 0.5) is 0 Å². The van der Waals surface area contributed by atoms with E-state index in [-0.39, 0.29) is 19.8 Å². The first-order valence-corrected chi connectivity index (χ1v) is 10.9. The molecule has 2 aromatic rings. The van der Waals surface area contributed by atoms with Gasteiger partial charge >= 0.3 is 0 Å². The number of allylic oxidation sites excluding steroid dienone is 1. The molecule has 148 valence electrons. The van der Waals surface area contributed by atoms with E-state index in [1.807, 2.05) is 38.1 Å². The summed E-state index contributed by atoms with van der Waals surface area (Å²) < 4.78 is 28.2. The molecule has 1 atom stereocenters. The largest absolute Gasteiger partial charge is 0.504 e. The van der Waals surface area contributed by atoms with Crippen molar-refractivity contribution in [1.29, 1.82) is 0 Å². The summed E-state index contributed by atoms with van der Waals surface area (Å²) in [6.07, 6.45) is 4.80. The number of thiophene rings is 1. The third-order valence-corrected chi connectivity index (χ3v) is 7.29. The number of nitrogens with one attached hydrogen (secondary N) is 1. The Balaban J connectivity index is 2.04. The Labute approximate surface area is 172 Å². The van der Waals surface area contributed by atoms with Crippen LogP contribution in [0.25, 0.3) is 5.76 Å². The lowest BCUT2D eigenvalue weighted by atomic mass is 10.2. The van der Waals surface area contributed by atoms with Gasteiger partial charge < -0.3 is 5.11 Å². The summed E-state index contributed by atoms with van der Waals surface area (Å²) in [6.45, 7) is 3.77. The number of hydrogen-bond acceptors (Lipinski definition) is 5. The fourth-order valence-corrected chi connectivity index (χ4v) is 5.74. The number of carbonyl (C=O) groups is 1. The van der Waals surface area contributed by atoms with Crippen molar-refractivity contribution in [2.75, 3.05) is 7.05 Å². The van der Waals surface area contributed by atoms with Crippen molar-refractivity contribution in [1.82, 2.24) is 9.62 Å². The number of pyridine rings is 1. The van der Waals surface area contributed by atoms with E-state index in [4.69, 9.17) is 11.6 Å². The fraction of sp³-hybridized carbons (Fsp3) is 0.222. The number of halogens is 1. The van der Waals surface area contributed by atoms with Gasteiger partial charge in [-0.3, -0.25) is 14.4 Å². The molecule has 1 aliphatic heterocycles. The molecule has 0 saturated carbocycles. The molecule has 0 bridgehead atoms. The number of amides is 1. The molecule has 2 N–H and O–H groups in total. The number of carbonyl (C=O) groups excluding carboxylic acids is 1. The topological polar surface area (TPSA) is 90.6 Å². The highest BCUT2D eigenvalue weighted by atomic mass is 35.5. The first-order chi connectivity index (χ1) is 13.1. The highest BCUT2D eigenvalue weighted by molar-refractivity contribution is 7.89. The number of aliphatic hydroxyl groups excluding tert-OH is 1. The minimum absolute atomic E-state index is 0.0550. The molecule has 3 rings (SSSR count). The number of rotatable bonds is 4. The zero-order chi connectivity index (χ0) is 20.6. The molecular weight excluding hydrogens is 422 g/mol. The van der Waals surface area contributed by atoms with Crippen molar-refractivity contribution in [2.45, 2.75) is 24.9 Å². The van der Waals surface area contributed by atoms with Crippen molar-refractivity contribution in [3.63, 3.8) is 0 Å². The van der Waals surface area contributed by atoms with Gasteiger partial charge in [0.1, 0.15) is 4.90 Å². The van der Waals surface area contributed by atoms with E-state index in [9.17, 15) is 18.3 Å². The zero-order valence-corrected chi connectivity index (χ0v) is 17.8. The molecule has 0 fully saturated rings. The Morgan fingerprint density at radius 1 is 1.32 bits per heavy atom. The van der Waals surface area contributed by atoms with Crippen LogP contribution in [0, 0.1) is 0 Å². The number of likely N-dealkylation sites (N-methyl/N-ethyl adjacent to an activating group) is 1. The van der Waals surface area contributed by atoms with E-state index < -0.39 is 27.9 Å². The van der Waals surface area contributed by atoms with Gasteiger partial charge in [0.25, 0.3) is 22.1 Å². The molecule has 7 nitrogen and oxygen atoms in total. The van der Waals surface area contributed by atoms with Gasteiger partial charge in [-0.25, -0.2) is 8.42 Å². The lowest BCUT2D eigenvalue weighted by Crippen LogP contribution is -2.50. The molecular formula is C18H19ClN3O4S2+. The molecule has 28 heavy (non-hydrogen) atoms. The molecule has 0 radical (unpaired) electrons. The second-order valence-electron chi connectivity index (χ2n) is 6.40. The molecule has 0 aliphatic carbocycles. The van der Waals surface area contributed by atoms with Gasteiger partial charge in [-0.15, -0.1) is 11.3 Å². The molecule has 1 unspecified atom stereocenters. The lowest BCUT2D eigenvalue weighted by Gasteiger charge is -2.27. The number of sulfonamides is 1. The van der Waals surface area contributed by atoms with Crippen LogP contribution in [-0.2, 0) is 14.8 Å². The van der Waals surface area contributed by atoms with E-state index in [1.165, 1.54) is 13.1 Å². The maximum atomic E-state index is 13.0. The number of aromatic nitrogens is 1. The van der Waals surface area contributed by atoms with Crippen molar-refractivity contribution in [3.8, 4) is 0 Å². The van der Waals surface area contributed by atoms with Crippen LogP contribution in [0.5, 0.6) is 0 Å². The van der Waals surface area contributed by atoms with Gasteiger partial charge in [0.15, 0.2) is 23.8 Å². The highest BCUT2D eigenvalue weighted by Crippen LogP contribution is 2.41. The first-order valence-electron chi connectivity index (χ1n) is 8.26. The number of nitrogens with zero attached hydrogens (tertiary/aromatic N) is 2. The van der Waals surface area contributed by atoms with Crippen molar-refractivity contribution in [3.05, 3.63) is 63.2 Å². The quantitative estimate of drug-likeness (QED) is 0.565. The minimum atomic E-state index is -3.99. The van der Waals surface area contributed by atoms with E-state index in [1.54, 1.807) is 17.0 Å². The van der Waals surface area contributed by atoms with Crippen molar-refractivity contribution >= 4 is 44.6 Å². The Hall–Kier alpha value is -2.36. The van der Waals surface area contributed by atoms with Crippen LogP contribution < -0.4 is 9.88 Å². The van der Waals surface area contributed by atoms with E-state index >= 15 is 0 Å². The van der Waals surface area contributed by atoms with Gasteiger partial charge in [0.05, 0.1) is 9.21 Å². The Morgan fingerprint density at radius 3 is 2.57 bits per heavy atom. The molecule has 2 aromatic heterocycles. The van der Waals surface area contributed by atoms with Crippen LogP contribution in [0.1, 0.15) is 24.9 Å². The lowest BCUT2D eigenvalue weighted by molar-refractivity contribution is -0.715. The summed E-state index contributed by atoms with van der Waals surface area (Å²) in [6, 6.07) is 6.73. The summed E-state index contributed by atoms with van der Waals surface area (Å²) in [7, 11) is -2.77. The fourth-order valence-electron chi connectivity index (χ4n) is 2.80. The van der Waals surface area contributed by atoms with Gasteiger partial charge in [0, 0.05) is 25.3 Å². The summed E-state index contributed by atoms with van der Waals surface area (Å²) in [5, 5.41) is 13.4. The summed E-state index contributed by atoms with van der Waals surface area (Å²) in [5.41, 5.74) is 0.603. The molecule has 1 amide bonds. The van der Waals surface area contributed by atoms with E-state index in [2.05, 4.69) is 5.32 Å². The molecule has 0 spiro atoms. The molecule has 0 aromatic carbocycles. The minimum Gasteiger partial charge on any atom is -0.504 e. The van der Waals surface area contributed by atoms with Crippen LogP contribution in [0.2, 0.25) is 4.34 Å². The predicted octanol–water partition coefficient (Wildman–Crippen LogP) is 2.83. The number of fused-ring (bicyclic) bond motifs is 1. The van der Waals surface area contributed by atoms with Crippen molar-refractivity contribution in [2.24, 2.45) is 0 Å². The molecule has 0 saturated heterocycles. The predicted molar refractivity (Wildman–Crippen MR) is 107 cm³/mol. The van der Waals surface area contributed by atoms with Gasteiger partial charge in [-0.2, -0.15) is 4.57 Å². The SMILES string of the molecule is CC(C)=CC(NC(=O)C1=C(O)c2sc(Cl)cc2S(=O)(=O)N1C)[n+]1ccccc1. The highest BCUT2D eigenvalue weighted by Gasteiger charge is 2.40. The molecule has 3 heterocycles. The summed E-state index contributed by atoms with van der Waals surface area (Å²) in [4.78, 5) is 12.9. The average Bonchev–Trinajstić information content (AvgIpc) is 3.03. The number of aliphatic hydroxyl groups is 1. The second kappa shape index (κ2) is 7.57. The maximum Gasteiger partial charge on any atom is 0.277 e. The van der Waals surface area contributed by atoms with Crippen LogP contribution in [-0.4, -0.2) is 30.8 Å². The number of hydrogen-bond donors (Lipinski definition) is 2. The third-order valence-electron chi connectivity index (χ3n) is 4.11. The maximum absolute atomic E-state index is 13.0. The van der Waals surface area contributed by atoms with Crippen LogP contribution in [0.15, 0.2) is 58.9 Å². The Morgan fingerprint density at radius 2 is 1.96 bits per heavy atom. The molecule has 10 heteroatoms. The average molecular weight is 441 g/mol. The normalized spacial score (nSPS) is 16.4. The van der Waals surface area contributed by atoms with E-state index in [0.717, 1.165) is 21.2 Å². The van der Waals surface area contributed by atoms with Gasteiger partial charge in [-0.1, -0.05) is 23.2 Å². The summed E-state index contributed by atoms with van der Waals surface area (Å²) in [5.74, 6) is -1.15. The molecule has 1 aliphatic rings. The van der Waals surface area contributed by atoms with Crippen LogP contribution in [0.3, 0.4) is 0 Å².